The molecule has 0 unspecified atom stereocenters. The van der Waals surface area contributed by atoms with Gasteiger partial charge in [-0.1, -0.05) is 115 Å². The van der Waals surface area contributed by atoms with Crippen LogP contribution in [0.4, 0.5) is 0 Å². The average molecular weight is 657 g/mol. The van der Waals surface area contributed by atoms with Crippen LogP contribution in [0.15, 0.2) is 170 Å². The van der Waals surface area contributed by atoms with Gasteiger partial charge in [0.2, 0.25) is 0 Å². The van der Waals surface area contributed by atoms with Crippen LogP contribution in [0.3, 0.4) is 0 Å². The predicted molar refractivity (Wildman–Crippen MR) is 209 cm³/mol. The van der Waals surface area contributed by atoms with Gasteiger partial charge in [0.25, 0.3) is 0 Å². The van der Waals surface area contributed by atoms with Gasteiger partial charge in [-0.25, -0.2) is 9.97 Å². The molecule has 0 aliphatic rings. The van der Waals surface area contributed by atoms with Gasteiger partial charge in [-0.3, -0.25) is 4.98 Å². The zero-order chi connectivity index (χ0) is 33.0. The number of fused-ring (bicyclic) bond motifs is 6. The third-order valence-corrected chi connectivity index (χ3v) is 10.6. The monoisotopic (exact) mass is 656 g/mol. The van der Waals surface area contributed by atoms with E-state index in [0.717, 1.165) is 61.4 Å². The Kier molecular flexibility index (Phi) is 6.64. The number of aromatic nitrogens is 4. The second-order valence-corrected chi connectivity index (χ2v) is 13.5. The Hall–Kier alpha value is -6.43. The summed E-state index contributed by atoms with van der Waals surface area (Å²) >= 11 is 1.80. The zero-order valence-electron chi connectivity index (χ0n) is 26.9. The number of benzene rings is 6. The lowest BCUT2D eigenvalue weighted by molar-refractivity contribution is 1.16. The lowest BCUT2D eigenvalue weighted by Gasteiger charge is -2.15. The lowest BCUT2D eigenvalue weighted by atomic mass is 9.99. The fourth-order valence-electron chi connectivity index (χ4n) is 7.14. The standard InChI is InChI=1S/C45H28N4S/c1-3-13-29(14-4-1)38-28-39(48-45(47-38)30-15-5-2-6-16-30)32-25-31(34-23-24-46-43-37-19-9-12-22-42(37)50-44(34)43)26-33(27-32)49-40-20-10-7-17-35(40)36-18-8-11-21-41(36)49/h1-28H. The van der Waals surface area contributed by atoms with E-state index < -0.39 is 0 Å². The van der Waals surface area contributed by atoms with Gasteiger partial charge in [-0.05, 0) is 54.1 Å². The molecule has 10 rings (SSSR count). The van der Waals surface area contributed by atoms with E-state index in [-0.39, 0.29) is 0 Å². The van der Waals surface area contributed by atoms with Crippen molar-refractivity contribution in [2.24, 2.45) is 0 Å². The van der Waals surface area contributed by atoms with Crippen LogP contribution in [-0.4, -0.2) is 19.5 Å². The first-order valence-electron chi connectivity index (χ1n) is 16.7. The SMILES string of the molecule is c1ccc(-c2cc(-c3cc(-c4ccnc5c4sc4ccccc45)cc(-n4c5ccccc5c5ccccc54)c3)nc(-c3ccccc3)n2)cc1. The molecule has 0 N–H and O–H groups in total. The summed E-state index contributed by atoms with van der Waals surface area (Å²) in [6.07, 6.45) is 1.94. The summed E-state index contributed by atoms with van der Waals surface area (Å²) < 4.78 is 4.80. The number of thiophene rings is 1. The highest BCUT2D eigenvalue weighted by Crippen LogP contribution is 2.42. The molecule has 0 aliphatic heterocycles. The number of hydrogen-bond acceptors (Lipinski definition) is 4. The van der Waals surface area contributed by atoms with Crippen LogP contribution in [0.1, 0.15) is 0 Å². The molecule has 0 saturated heterocycles. The molecule has 234 valence electrons. The third kappa shape index (κ3) is 4.71. The molecule has 10 aromatic rings. The van der Waals surface area contributed by atoms with Crippen LogP contribution < -0.4 is 0 Å². The molecule has 4 aromatic heterocycles. The first kappa shape index (κ1) is 28.6. The summed E-state index contributed by atoms with van der Waals surface area (Å²) in [4.78, 5) is 15.2. The van der Waals surface area contributed by atoms with Crippen molar-refractivity contribution in [1.29, 1.82) is 0 Å². The quantitative estimate of drug-likeness (QED) is 0.185. The smallest absolute Gasteiger partial charge is 0.160 e. The highest BCUT2D eigenvalue weighted by molar-refractivity contribution is 7.26. The van der Waals surface area contributed by atoms with E-state index >= 15 is 0 Å². The van der Waals surface area contributed by atoms with E-state index in [2.05, 4.69) is 144 Å². The molecule has 0 atom stereocenters. The van der Waals surface area contributed by atoms with Gasteiger partial charge < -0.3 is 4.57 Å². The van der Waals surface area contributed by atoms with Gasteiger partial charge in [0, 0.05) is 55.0 Å². The van der Waals surface area contributed by atoms with Crippen LogP contribution in [0, 0.1) is 0 Å². The molecule has 0 fully saturated rings. The minimum absolute atomic E-state index is 0.696. The number of hydrogen-bond donors (Lipinski definition) is 0. The van der Waals surface area contributed by atoms with E-state index in [4.69, 9.17) is 15.0 Å². The Bertz CT molecular complexity index is 2760. The van der Waals surface area contributed by atoms with Gasteiger partial charge in [0.05, 0.1) is 32.6 Å². The average Bonchev–Trinajstić information content (AvgIpc) is 3.74. The fraction of sp³-hybridized carbons (Fsp3) is 0. The van der Waals surface area contributed by atoms with Crippen molar-refractivity contribution in [3.8, 4) is 50.7 Å². The minimum Gasteiger partial charge on any atom is -0.309 e. The Morgan fingerprint density at radius 1 is 0.460 bits per heavy atom. The normalized spacial score (nSPS) is 11.6. The molecule has 0 radical (unpaired) electrons. The molecule has 4 heterocycles. The largest absolute Gasteiger partial charge is 0.309 e. The van der Waals surface area contributed by atoms with Crippen molar-refractivity contribution >= 4 is 53.4 Å². The third-order valence-electron chi connectivity index (χ3n) is 9.45. The highest BCUT2D eigenvalue weighted by Gasteiger charge is 2.18. The summed E-state index contributed by atoms with van der Waals surface area (Å²) in [6.45, 7) is 0. The number of rotatable bonds is 5. The maximum Gasteiger partial charge on any atom is 0.160 e. The van der Waals surface area contributed by atoms with Crippen molar-refractivity contribution in [2.75, 3.05) is 0 Å². The van der Waals surface area contributed by atoms with E-state index in [1.807, 2.05) is 30.5 Å². The topological polar surface area (TPSA) is 43.6 Å². The van der Waals surface area contributed by atoms with E-state index in [1.54, 1.807) is 11.3 Å². The lowest BCUT2D eigenvalue weighted by Crippen LogP contribution is -1.99. The van der Waals surface area contributed by atoms with Gasteiger partial charge in [-0.15, -0.1) is 11.3 Å². The molecule has 4 nitrogen and oxygen atoms in total. The molecule has 0 saturated carbocycles. The molecule has 0 spiro atoms. The van der Waals surface area contributed by atoms with Crippen molar-refractivity contribution in [3.63, 3.8) is 0 Å². The Morgan fingerprint density at radius 3 is 1.76 bits per heavy atom. The highest BCUT2D eigenvalue weighted by atomic mass is 32.1. The Morgan fingerprint density at radius 2 is 1.04 bits per heavy atom. The number of para-hydroxylation sites is 2. The molecule has 0 amide bonds. The zero-order valence-corrected chi connectivity index (χ0v) is 27.7. The summed E-state index contributed by atoms with van der Waals surface area (Å²) in [5.41, 5.74) is 11.5. The van der Waals surface area contributed by atoms with Crippen LogP contribution >= 0.6 is 11.3 Å². The summed E-state index contributed by atoms with van der Waals surface area (Å²) in [7, 11) is 0. The van der Waals surface area contributed by atoms with E-state index in [0.29, 0.717) is 5.82 Å². The summed E-state index contributed by atoms with van der Waals surface area (Å²) in [5, 5.41) is 3.64. The van der Waals surface area contributed by atoms with Crippen LogP contribution in [-0.2, 0) is 0 Å². The minimum atomic E-state index is 0.696. The fourth-order valence-corrected chi connectivity index (χ4v) is 8.34. The second-order valence-electron chi connectivity index (χ2n) is 12.5. The molecule has 50 heavy (non-hydrogen) atoms. The Labute approximate surface area is 292 Å². The molecule has 5 heteroatoms. The van der Waals surface area contributed by atoms with Crippen LogP contribution in [0.2, 0.25) is 0 Å². The first-order valence-corrected chi connectivity index (χ1v) is 17.5. The molecule has 6 aromatic carbocycles. The van der Waals surface area contributed by atoms with Crippen molar-refractivity contribution in [1.82, 2.24) is 19.5 Å². The van der Waals surface area contributed by atoms with Gasteiger partial charge in [0.1, 0.15) is 0 Å². The molecule has 0 bridgehead atoms. The van der Waals surface area contributed by atoms with Crippen LogP contribution in [0.25, 0.3) is 92.8 Å². The predicted octanol–water partition coefficient (Wildman–Crippen LogP) is 12.0. The van der Waals surface area contributed by atoms with E-state index in [9.17, 15) is 0 Å². The van der Waals surface area contributed by atoms with Crippen molar-refractivity contribution in [2.45, 2.75) is 0 Å². The van der Waals surface area contributed by atoms with Crippen molar-refractivity contribution < 1.29 is 0 Å². The summed E-state index contributed by atoms with van der Waals surface area (Å²) in [6, 6.07) is 57.6. The van der Waals surface area contributed by atoms with E-state index in [1.165, 1.54) is 25.6 Å². The van der Waals surface area contributed by atoms with Gasteiger partial charge >= 0.3 is 0 Å². The van der Waals surface area contributed by atoms with Crippen LogP contribution in [0.5, 0.6) is 0 Å². The second kappa shape index (κ2) is 11.6. The maximum absolute atomic E-state index is 5.25. The Balaban J connectivity index is 1.29. The first-order chi connectivity index (χ1) is 24.8. The van der Waals surface area contributed by atoms with Gasteiger partial charge in [0.15, 0.2) is 5.82 Å². The molecule has 0 aliphatic carbocycles. The number of nitrogens with zero attached hydrogens (tertiary/aromatic N) is 4. The summed E-state index contributed by atoms with van der Waals surface area (Å²) in [5.74, 6) is 0.696. The van der Waals surface area contributed by atoms with Gasteiger partial charge in [-0.2, -0.15) is 0 Å². The maximum atomic E-state index is 5.25. The number of pyridine rings is 1. The van der Waals surface area contributed by atoms with Crippen molar-refractivity contribution in [3.05, 3.63) is 170 Å². The molecular formula is C45H28N4S. The molecular weight excluding hydrogens is 629 g/mol.